The van der Waals surface area contributed by atoms with Crippen LogP contribution in [0.2, 0.25) is 0 Å². The highest BCUT2D eigenvalue weighted by molar-refractivity contribution is 9.08. The molecule has 15 heavy (non-hydrogen) atoms. The fourth-order valence-corrected chi connectivity index (χ4v) is 1.70. The standard InChI is InChI=1S/C8H8BrF3N2O/c1-4-5(2-9)7(6(13)3-14-4)15-8(10,11)12/h3H,2,13H2,1H3. The van der Waals surface area contributed by atoms with Crippen LogP contribution in [0.1, 0.15) is 11.3 Å². The predicted octanol–water partition coefficient (Wildman–Crippen LogP) is 2.77. The Bertz CT molecular complexity index is 368. The first-order valence-corrected chi connectivity index (χ1v) is 5.03. The summed E-state index contributed by atoms with van der Waals surface area (Å²) in [6, 6.07) is 0. The number of anilines is 1. The molecule has 0 aliphatic heterocycles. The predicted molar refractivity (Wildman–Crippen MR) is 52.7 cm³/mol. The molecule has 7 heteroatoms. The summed E-state index contributed by atoms with van der Waals surface area (Å²) in [5.74, 6) is -0.383. The molecule has 2 N–H and O–H groups in total. The first-order valence-electron chi connectivity index (χ1n) is 3.91. The number of pyridine rings is 1. The number of halogens is 4. The zero-order valence-corrected chi connectivity index (χ0v) is 9.32. The van der Waals surface area contributed by atoms with Gasteiger partial charge >= 0.3 is 6.36 Å². The zero-order valence-electron chi connectivity index (χ0n) is 7.73. The van der Waals surface area contributed by atoms with Crippen molar-refractivity contribution < 1.29 is 17.9 Å². The highest BCUT2D eigenvalue weighted by Gasteiger charge is 2.33. The number of aryl methyl sites for hydroxylation is 1. The Morgan fingerprint density at radius 3 is 2.60 bits per heavy atom. The van der Waals surface area contributed by atoms with Gasteiger partial charge in [0.05, 0.1) is 11.9 Å². The molecule has 0 saturated carbocycles. The molecular weight excluding hydrogens is 277 g/mol. The molecule has 1 rings (SSSR count). The van der Waals surface area contributed by atoms with Crippen LogP contribution in [0.3, 0.4) is 0 Å². The van der Waals surface area contributed by atoms with Gasteiger partial charge in [0.25, 0.3) is 0 Å². The van der Waals surface area contributed by atoms with E-state index in [0.29, 0.717) is 11.3 Å². The molecule has 0 atom stereocenters. The number of alkyl halides is 4. The number of nitrogens with two attached hydrogens (primary N) is 1. The lowest BCUT2D eigenvalue weighted by atomic mass is 10.2. The van der Waals surface area contributed by atoms with E-state index in [2.05, 4.69) is 25.7 Å². The molecule has 1 aromatic rings. The number of nitrogen functional groups attached to an aromatic ring is 1. The third kappa shape index (κ3) is 2.98. The minimum atomic E-state index is -4.75. The van der Waals surface area contributed by atoms with Crippen molar-refractivity contribution in [2.75, 3.05) is 5.73 Å². The van der Waals surface area contributed by atoms with Crippen LogP contribution >= 0.6 is 15.9 Å². The number of aromatic nitrogens is 1. The lowest BCUT2D eigenvalue weighted by Crippen LogP contribution is -2.19. The molecule has 0 aliphatic carbocycles. The Morgan fingerprint density at radius 2 is 2.13 bits per heavy atom. The van der Waals surface area contributed by atoms with Crippen molar-refractivity contribution in [3.63, 3.8) is 0 Å². The van der Waals surface area contributed by atoms with Crippen molar-refractivity contribution in [2.45, 2.75) is 18.6 Å². The van der Waals surface area contributed by atoms with Gasteiger partial charge in [0.2, 0.25) is 0 Å². The average molecular weight is 285 g/mol. The molecule has 0 spiro atoms. The van der Waals surface area contributed by atoms with Crippen LogP contribution in [0.4, 0.5) is 18.9 Å². The van der Waals surface area contributed by atoms with E-state index in [1.54, 1.807) is 6.92 Å². The van der Waals surface area contributed by atoms with E-state index in [0.717, 1.165) is 6.20 Å². The molecule has 0 fully saturated rings. The van der Waals surface area contributed by atoms with Gasteiger partial charge in [0.1, 0.15) is 0 Å². The maximum absolute atomic E-state index is 12.1. The van der Waals surface area contributed by atoms with Gasteiger partial charge in [-0.05, 0) is 6.92 Å². The molecule has 0 amide bonds. The lowest BCUT2D eigenvalue weighted by molar-refractivity contribution is -0.274. The molecule has 84 valence electrons. The Kier molecular flexibility index (Phi) is 3.43. The zero-order chi connectivity index (χ0) is 11.6. The van der Waals surface area contributed by atoms with Crippen LogP contribution in [0, 0.1) is 6.92 Å². The van der Waals surface area contributed by atoms with Gasteiger partial charge in [-0.25, -0.2) is 0 Å². The first kappa shape index (κ1) is 12.1. The van der Waals surface area contributed by atoms with E-state index in [1.807, 2.05) is 0 Å². The molecule has 0 saturated heterocycles. The maximum Gasteiger partial charge on any atom is 0.573 e. The summed E-state index contributed by atoms with van der Waals surface area (Å²) in [7, 11) is 0. The number of ether oxygens (including phenoxy) is 1. The van der Waals surface area contributed by atoms with Crippen molar-refractivity contribution in [1.82, 2.24) is 4.98 Å². The molecular formula is C8H8BrF3N2O. The Labute approximate surface area is 92.6 Å². The van der Waals surface area contributed by atoms with Crippen molar-refractivity contribution in [2.24, 2.45) is 0 Å². The summed E-state index contributed by atoms with van der Waals surface area (Å²) in [4.78, 5) is 3.84. The van der Waals surface area contributed by atoms with E-state index in [9.17, 15) is 13.2 Å². The molecule has 0 aliphatic rings. The van der Waals surface area contributed by atoms with Crippen LogP contribution < -0.4 is 10.5 Å². The highest BCUT2D eigenvalue weighted by atomic mass is 79.9. The molecule has 0 radical (unpaired) electrons. The van der Waals surface area contributed by atoms with Crippen molar-refractivity contribution >= 4 is 21.6 Å². The number of nitrogens with zero attached hydrogens (tertiary/aromatic N) is 1. The van der Waals surface area contributed by atoms with Gasteiger partial charge in [-0.2, -0.15) is 0 Å². The van der Waals surface area contributed by atoms with Crippen LogP contribution in [0.15, 0.2) is 6.20 Å². The normalized spacial score (nSPS) is 11.5. The van der Waals surface area contributed by atoms with Gasteiger partial charge in [-0.15, -0.1) is 13.2 Å². The lowest BCUT2D eigenvalue weighted by Gasteiger charge is -2.15. The quantitative estimate of drug-likeness (QED) is 0.850. The fourth-order valence-electron chi connectivity index (χ4n) is 1.04. The second-order valence-electron chi connectivity index (χ2n) is 2.79. The summed E-state index contributed by atoms with van der Waals surface area (Å²) in [6.07, 6.45) is -3.61. The van der Waals surface area contributed by atoms with E-state index < -0.39 is 6.36 Å². The summed E-state index contributed by atoms with van der Waals surface area (Å²) in [5, 5.41) is 0.197. The SMILES string of the molecule is Cc1ncc(N)c(OC(F)(F)F)c1CBr. The monoisotopic (exact) mass is 284 g/mol. The summed E-state index contributed by atoms with van der Waals surface area (Å²) >= 11 is 3.06. The molecule has 1 heterocycles. The van der Waals surface area contributed by atoms with Gasteiger partial charge < -0.3 is 10.5 Å². The number of hydrogen-bond donors (Lipinski definition) is 1. The Balaban J connectivity index is 3.20. The minimum absolute atomic E-state index is 0.132. The largest absolute Gasteiger partial charge is 0.573 e. The summed E-state index contributed by atoms with van der Waals surface area (Å²) < 4.78 is 40.0. The number of hydrogen-bond acceptors (Lipinski definition) is 3. The van der Waals surface area contributed by atoms with Gasteiger partial charge in [0.15, 0.2) is 5.75 Å². The van der Waals surface area contributed by atoms with Crippen LogP contribution in [-0.2, 0) is 5.33 Å². The summed E-state index contributed by atoms with van der Waals surface area (Å²) in [5.41, 5.74) is 5.98. The molecule has 3 nitrogen and oxygen atoms in total. The van der Waals surface area contributed by atoms with E-state index in [-0.39, 0.29) is 16.8 Å². The Morgan fingerprint density at radius 1 is 1.53 bits per heavy atom. The second-order valence-corrected chi connectivity index (χ2v) is 3.35. The topological polar surface area (TPSA) is 48.1 Å². The first-order chi connectivity index (χ1) is 6.85. The number of rotatable bonds is 2. The molecule has 0 unspecified atom stereocenters. The van der Waals surface area contributed by atoms with Crippen molar-refractivity contribution in [1.29, 1.82) is 0 Å². The molecule has 1 aromatic heterocycles. The van der Waals surface area contributed by atoms with E-state index in [4.69, 9.17) is 5.73 Å². The van der Waals surface area contributed by atoms with E-state index >= 15 is 0 Å². The van der Waals surface area contributed by atoms with Gasteiger partial charge in [-0.1, -0.05) is 15.9 Å². The molecule has 0 bridgehead atoms. The van der Waals surface area contributed by atoms with Gasteiger partial charge in [0, 0.05) is 16.6 Å². The van der Waals surface area contributed by atoms with Crippen LogP contribution in [0.5, 0.6) is 5.75 Å². The smallest absolute Gasteiger partial charge is 0.403 e. The van der Waals surface area contributed by atoms with Crippen molar-refractivity contribution in [3.05, 3.63) is 17.5 Å². The third-order valence-electron chi connectivity index (χ3n) is 1.72. The van der Waals surface area contributed by atoms with Crippen LogP contribution in [0.25, 0.3) is 0 Å². The second kappa shape index (κ2) is 4.26. The summed E-state index contributed by atoms with van der Waals surface area (Å²) in [6.45, 7) is 1.58. The average Bonchev–Trinajstić information content (AvgIpc) is 2.10. The van der Waals surface area contributed by atoms with E-state index in [1.165, 1.54) is 0 Å². The third-order valence-corrected chi connectivity index (χ3v) is 2.28. The van der Waals surface area contributed by atoms with Crippen molar-refractivity contribution in [3.8, 4) is 5.75 Å². The minimum Gasteiger partial charge on any atom is -0.403 e. The van der Waals surface area contributed by atoms with Gasteiger partial charge in [-0.3, -0.25) is 4.98 Å². The van der Waals surface area contributed by atoms with Crippen LogP contribution in [-0.4, -0.2) is 11.3 Å². The molecule has 0 aromatic carbocycles. The fraction of sp³-hybridized carbons (Fsp3) is 0.375. The highest BCUT2D eigenvalue weighted by Crippen LogP contribution is 2.33. The Hall–Kier alpha value is -0.980. The maximum atomic E-state index is 12.1.